The molecule has 0 saturated heterocycles. The van der Waals surface area contributed by atoms with Crippen LogP contribution in [0.2, 0.25) is 0 Å². The van der Waals surface area contributed by atoms with Gasteiger partial charge in [0.1, 0.15) is 0 Å². The van der Waals surface area contributed by atoms with Gasteiger partial charge in [-0.25, -0.2) is 0 Å². The molecule has 0 aromatic carbocycles. The number of hydrogen-bond donors (Lipinski definition) is 2. The smallest absolute Gasteiger partial charge is 0.306 e. The third-order valence-electron chi connectivity index (χ3n) is 4.04. The molecule has 2 N–H and O–H groups in total. The van der Waals surface area contributed by atoms with Crippen molar-refractivity contribution in [2.24, 2.45) is 11.8 Å². The molecule has 1 aliphatic rings. The van der Waals surface area contributed by atoms with E-state index in [0.717, 1.165) is 45.1 Å². The maximum atomic E-state index is 11.6. The number of carboxylic acid groups (broad SMARTS) is 1. The van der Waals surface area contributed by atoms with Crippen molar-refractivity contribution in [1.29, 1.82) is 0 Å². The van der Waals surface area contributed by atoms with Crippen molar-refractivity contribution < 1.29 is 14.7 Å². The van der Waals surface area contributed by atoms with E-state index in [1.807, 2.05) is 0 Å². The van der Waals surface area contributed by atoms with E-state index in [0.29, 0.717) is 12.3 Å². The highest BCUT2D eigenvalue weighted by molar-refractivity contribution is 5.75. The number of carboxylic acids is 1. The molecule has 1 saturated carbocycles. The summed E-state index contributed by atoms with van der Waals surface area (Å²) in [6.07, 6.45) is 8.49. The van der Waals surface area contributed by atoms with Crippen LogP contribution in [-0.2, 0) is 9.59 Å². The summed E-state index contributed by atoms with van der Waals surface area (Å²) < 4.78 is 0. The Labute approximate surface area is 116 Å². The molecule has 0 aromatic rings. The summed E-state index contributed by atoms with van der Waals surface area (Å²) in [5, 5.41) is 11.9. The van der Waals surface area contributed by atoms with Gasteiger partial charge in [-0.3, -0.25) is 9.59 Å². The first-order valence-corrected chi connectivity index (χ1v) is 7.63. The van der Waals surface area contributed by atoms with Crippen molar-refractivity contribution in [1.82, 2.24) is 5.32 Å². The minimum absolute atomic E-state index is 0.150. The molecular weight excluding hydrogens is 242 g/mol. The summed E-state index contributed by atoms with van der Waals surface area (Å²) >= 11 is 0. The Morgan fingerprint density at radius 3 is 2.37 bits per heavy atom. The number of carbonyl (C=O) groups is 2. The van der Waals surface area contributed by atoms with Gasteiger partial charge in [-0.05, 0) is 38.0 Å². The maximum Gasteiger partial charge on any atom is 0.306 e. The number of hydrogen-bond acceptors (Lipinski definition) is 2. The first-order chi connectivity index (χ1) is 9.13. The van der Waals surface area contributed by atoms with Gasteiger partial charge in [0, 0.05) is 13.0 Å². The van der Waals surface area contributed by atoms with Crippen LogP contribution in [0.3, 0.4) is 0 Å². The van der Waals surface area contributed by atoms with Crippen molar-refractivity contribution in [2.45, 2.75) is 64.7 Å². The van der Waals surface area contributed by atoms with Gasteiger partial charge in [0.25, 0.3) is 0 Å². The quantitative estimate of drug-likeness (QED) is 0.666. The molecule has 19 heavy (non-hydrogen) atoms. The lowest BCUT2D eigenvalue weighted by atomic mass is 9.82. The molecule has 4 heteroatoms. The van der Waals surface area contributed by atoms with E-state index < -0.39 is 5.97 Å². The highest BCUT2D eigenvalue weighted by atomic mass is 16.4. The van der Waals surface area contributed by atoms with E-state index in [2.05, 4.69) is 12.2 Å². The third kappa shape index (κ3) is 6.60. The summed E-state index contributed by atoms with van der Waals surface area (Å²) in [6.45, 7) is 2.88. The predicted molar refractivity (Wildman–Crippen MR) is 74.9 cm³/mol. The van der Waals surface area contributed by atoms with Crippen LogP contribution in [-0.4, -0.2) is 23.5 Å². The fourth-order valence-corrected chi connectivity index (χ4v) is 2.67. The fraction of sp³-hybridized carbons (Fsp3) is 0.867. The molecule has 1 fully saturated rings. The summed E-state index contributed by atoms with van der Waals surface area (Å²) in [5.74, 6) is -0.217. The molecule has 0 heterocycles. The highest BCUT2D eigenvalue weighted by Crippen LogP contribution is 2.28. The minimum Gasteiger partial charge on any atom is -0.481 e. The second kappa shape index (κ2) is 8.94. The SMILES string of the molecule is CCCCCCC(=O)NCC1CCC(C(=O)O)CC1. The van der Waals surface area contributed by atoms with Gasteiger partial charge in [-0.1, -0.05) is 26.2 Å². The Morgan fingerprint density at radius 2 is 1.79 bits per heavy atom. The van der Waals surface area contributed by atoms with Crippen molar-refractivity contribution in [3.05, 3.63) is 0 Å². The van der Waals surface area contributed by atoms with Crippen LogP contribution < -0.4 is 5.32 Å². The summed E-state index contributed by atoms with van der Waals surface area (Å²) in [6, 6.07) is 0. The van der Waals surface area contributed by atoms with Crippen LogP contribution in [0.4, 0.5) is 0 Å². The zero-order valence-corrected chi connectivity index (χ0v) is 12.0. The number of rotatable bonds is 8. The number of carbonyl (C=O) groups excluding carboxylic acids is 1. The Balaban J connectivity index is 2.06. The van der Waals surface area contributed by atoms with E-state index >= 15 is 0 Å². The Kier molecular flexibility index (Phi) is 7.53. The number of amides is 1. The van der Waals surface area contributed by atoms with Gasteiger partial charge in [0.15, 0.2) is 0 Å². The van der Waals surface area contributed by atoms with Crippen molar-refractivity contribution in [3.63, 3.8) is 0 Å². The van der Waals surface area contributed by atoms with Crippen molar-refractivity contribution in [3.8, 4) is 0 Å². The highest BCUT2D eigenvalue weighted by Gasteiger charge is 2.25. The van der Waals surface area contributed by atoms with Gasteiger partial charge < -0.3 is 10.4 Å². The molecule has 0 aromatic heterocycles. The van der Waals surface area contributed by atoms with Crippen LogP contribution in [0.25, 0.3) is 0 Å². The number of aliphatic carboxylic acids is 1. The summed E-state index contributed by atoms with van der Waals surface area (Å²) in [4.78, 5) is 22.4. The van der Waals surface area contributed by atoms with Gasteiger partial charge >= 0.3 is 5.97 Å². The molecule has 0 aliphatic heterocycles. The third-order valence-corrected chi connectivity index (χ3v) is 4.04. The van der Waals surface area contributed by atoms with E-state index in [1.165, 1.54) is 12.8 Å². The standard InChI is InChI=1S/C15H27NO3/c1-2-3-4-5-6-14(17)16-11-12-7-9-13(10-8-12)15(18)19/h12-13H,2-11H2,1H3,(H,16,17)(H,18,19). The lowest BCUT2D eigenvalue weighted by Gasteiger charge is -2.26. The molecular formula is C15H27NO3. The first-order valence-electron chi connectivity index (χ1n) is 7.63. The van der Waals surface area contributed by atoms with E-state index in [4.69, 9.17) is 5.11 Å². The van der Waals surface area contributed by atoms with Gasteiger partial charge in [0.2, 0.25) is 5.91 Å². The molecule has 0 spiro atoms. The molecule has 110 valence electrons. The van der Waals surface area contributed by atoms with Gasteiger partial charge in [0.05, 0.1) is 5.92 Å². The molecule has 0 bridgehead atoms. The summed E-state index contributed by atoms with van der Waals surface area (Å²) in [5.41, 5.74) is 0. The van der Waals surface area contributed by atoms with Crippen LogP contribution in [0, 0.1) is 11.8 Å². The molecule has 0 radical (unpaired) electrons. The molecule has 0 atom stereocenters. The fourth-order valence-electron chi connectivity index (χ4n) is 2.67. The Morgan fingerprint density at radius 1 is 1.11 bits per heavy atom. The second-order valence-corrected chi connectivity index (χ2v) is 5.67. The van der Waals surface area contributed by atoms with Crippen LogP contribution in [0.1, 0.15) is 64.7 Å². The van der Waals surface area contributed by atoms with Crippen molar-refractivity contribution >= 4 is 11.9 Å². The lowest BCUT2D eigenvalue weighted by molar-refractivity contribution is -0.143. The number of unbranched alkanes of at least 4 members (excludes halogenated alkanes) is 3. The Hall–Kier alpha value is -1.06. The van der Waals surface area contributed by atoms with Crippen LogP contribution >= 0.6 is 0 Å². The molecule has 1 rings (SSSR count). The second-order valence-electron chi connectivity index (χ2n) is 5.67. The minimum atomic E-state index is -0.668. The largest absolute Gasteiger partial charge is 0.481 e. The maximum absolute atomic E-state index is 11.6. The van der Waals surface area contributed by atoms with Crippen molar-refractivity contribution in [2.75, 3.05) is 6.54 Å². The zero-order valence-electron chi connectivity index (χ0n) is 12.0. The van der Waals surface area contributed by atoms with Gasteiger partial charge in [-0.15, -0.1) is 0 Å². The van der Waals surface area contributed by atoms with E-state index in [9.17, 15) is 9.59 Å². The van der Waals surface area contributed by atoms with Crippen LogP contribution in [0.15, 0.2) is 0 Å². The zero-order chi connectivity index (χ0) is 14.1. The predicted octanol–water partition coefficient (Wildman–Crippen LogP) is 2.96. The van der Waals surface area contributed by atoms with Gasteiger partial charge in [-0.2, -0.15) is 0 Å². The normalized spacial score (nSPS) is 23.0. The van der Waals surface area contributed by atoms with Crippen LogP contribution in [0.5, 0.6) is 0 Å². The molecule has 1 aliphatic carbocycles. The molecule has 4 nitrogen and oxygen atoms in total. The first kappa shape index (κ1) is 16.0. The van der Waals surface area contributed by atoms with E-state index in [-0.39, 0.29) is 11.8 Å². The molecule has 0 unspecified atom stereocenters. The lowest BCUT2D eigenvalue weighted by Crippen LogP contribution is -2.32. The topological polar surface area (TPSA) is 66.4 Å². The Bertz CT molecular complexity index is 283. The summed E-state index contributed by atoms with van der Waals surface area (Å²) in [7, 11) is 0. The number of nitrogens with one attached hydrogen (secondary N) is 1. The molecule has 1 amide bonds. The average Bonchev–Trinajstić information content (AvgIpc) is 2.42. The monoisotopic (exact) mass is 269 g/mol. The average molecular weight is 269 g/mol. The van der Waals surface area contributed by atoms with E-state index in [1.54, 1.807) is 0 Å².